The van der Waals surface area contributed by atoms with Gasteiger partial charge in [0.1, 0.15) is 11.6 Å². The van der Waals surface area contributed by atoms with Crippen LogP contribution in [-0.4, -0.2) is 44.2 Å². The number of amides is 1. The highest BCUT2D eigenvalue weighted by Gasteiger charge is 2.38. The van der Waals surface area contributed by atoms with Gasteiger partial charge >= 0.3 is 0 Å². The van der Waals surface area contributed by atoms with Crippen LogP contribution in [0.2, 0.25) is 10.0 Å². The zero-order chi connectivity index (χ0) is 29.4. The van der Waals surface area contributed by atoms with Crippen molar-refractivity contribution in [2.75, 3.05) is 19.7 Å². The number of carbonyl (C=O) groups is 1. The van der Waals surface area contributed by atoms with Gasteiger partial charge in [0, 0.05) is 16.1 Å². The summed E-state index contributed by atoms with van der Waals surface area (Å²) in [7, 11) is -3.77. The van der Waals surface area contributed by atoms with Gasteiger partial charge in [0.15, 0.2) is 0 Å². The first-order valence-corrected chi connectivity index (χ1v) is 16.8. The lowest BCUT2D eigenvalue weighted by Gasteiger charge is -2.38. The van der Waals surface area contributed by atoms with Crippen molar-refractivity contribution >= 4 is 39.1 Å². The molecule has 1 amide bonds. The fourth-order valence-electron chi connectivity index (χ4n) is 5.80. The number of carbonyl (C=O) groups excluding carboxylic acids is 1. The van der Waals surface area contributed by atoms with Crippen molar-refractivity contribution in [3.63, 3.8) is 0 Å². The fraction of sp³-hybridized carbons (Fsp3) is 0.406. The number of nitrogens with one attached hydrogen (secondary N) is 1. The second-order valence-corrected chi connectivity index (χ2v) is 14.5. The van der Waals surface area contributed by atoms with Crippen LogP contribution in [0.5, 0.6) is 5.75 Å². The fourth-order valence-corrected chi connectivity index (χ4v) is 7.63. The van der Waals surface area contributed by atoms with Crippen molar-refractivity contribution in [3.05, 3.63) is 98.8 Å². The van der Waals surface area contributed by atoms with Crippen LogP contribution in [0.4, 0.5) is 4.39 Å². The summed E-state index contributed by atoms with van der Waals surface area (Å²) in [5.41, 5.74) is 2.73. The minimum atomic E-state index is -3.77. The van der Waals surface area contributed by atoms with Gasteiger partial charge in [0.25, 0.3) is 5.91 Å². The van der Waals surface area contributed by atoms with Gasteiger partial charge in [-0.3, -0.25) is 9.69 Å². The van der Waals surface area contributed by atoms with Gasteiger partial charge in [-0.15, -0.1) is 0 Å². The molecule has 1 saturated heterocycles. The molecule has 2 aliphatic carbocycles. The van der Waals surface area contributed by atoms with E-state index in [0.717, 1.165) is 49.9 Å². The van der Waals surface area contributed by atoms with Crippen molar-refractivity contribution in [2.24, 2.45) is 5.92 Å². The number of nitrogens with zero attached hydrogens (tertiary/aromatic N) is 1. The highest BCUT2D eigenvalue weighted by molar-refractivity contribution is 7.91. The van der Waals surface area contributed by atoms with E-state index < -0.39 is 27.0 Å². The van der Waals surface area contributed by atoms with Gasteiger partial charge in [0.2, 0.25) is 10.0 Å². The van der Waals surface area contributed by atoms with Gasteiger partial charge in [-0.05, 0) is 104 Å². The standard InChI is InChI=1S/C32H33Cl2FN2O4S/c33-24-14-23(15-25(34)16-24)31(22-4-2-1-3-5-22)37-12-10-20(11-13-37)19-41-30-18-29(35)28(17-27(30)21-6-7-21)32(38)36-42(39,40)26-8-9-26/h1-5,14-18,20-21,26,31H,6-13,19H2,(H,36,38). The highest BCUT2D eigenvalue weighted by atomic mass is 35.5. The first kappa shape index (κ1) is 29.4. The van der Waals surface area contributed by atoms with Crippen LogP contribution in [0.3, 0.4) is 0 Å². The Balaban J connectivity index is 1.13. The Morgan fingerprint density at radius 3 is 2.21 bits per heavy atom. The van der Waals surface area contributed by atoms with Crippen LogP contribution < -0.4 is 9.46 Å². The summed E-state index contributed by atoms with van der Waals surface area (Å²) >= 11 is 12.7. The maximum absolute atomic E-state index is 15.1. The molecule has 1 aliphatic heterocycles. The largest absolute Gasteiger partial charge is 0.493 e. The minimum absolute atomic E-state index is 0.0160. The molecule has 0 aromatic heterocycles. The third-order valence-electron chi connectivity index (χ3n) is 8.36. The molecule has 2 saturated carbocycles. The molecule has 0 bridgehead atoms. The molecule has 1 heterocycles. The van der Waals surface area contributed by atoms with Crippen molar-refractivity contribution in [3.8, 4) is 5.75 Å². The van der Waals surface area contributed by atoms with Gasteiger partial charge < -0.3 is 4.74 Å². The van der Waals surface area contributed by atoms with Crippen LogP contribution in [0.1, 0.15) is 77.5 Å². The first-order valence-electron chi connectivity index (χ1n) is 14.4. The summed E-state index contributed by atoms with van der Waals surface area (Å²) in [5.74, 6) is -0.796. The van der Waals surface area contributed by atoms with Crippen LogP contribution >= 0.6 is 23.2 Å². The summed E-state index contributed by atoms with van der Waals surface area (Å²) < 4.78 is 47.8. The average Bonchev–Trinajstić information content (AvgIpc) is 3.86. The predicted molar refractivity (Wildman–Crippen MR) is 162 cm³/mol. The molecule has 3 aromatic carbocycles. The number of ether oxygens (including phenoxy) is 1. The second kappa shape index (κ2) is 12.2. The van der Waals surface area contributed by atoms with E-state index in [1.54, 1.807) is 6.07 Å². The molecule has 1 atom stereocenters. The van der Waals surface area contributed by atoms with E-state index in [0.29, 0.717) is 35.2 Å². The molecule has 222 valence electrons. The minimum Gasteiger partial charge on any atom is -0.493 e. The van der Waals surface area contributed by atoms with Crippen molar-refractivity contribution < 1.29 is 22.3 Å². The van der Waals surface area contributed by atoms with E-state index in [1.165, 1.54) is 17.7 Å². The lowest BCUT2D eigenvalue weighted by atomic mass is 9.91. The molecule has 3 aromatic rings. The van der Waals surface area contributed by atoms with Crippen LogP contribution in [0.15, 0.2) is 60.7 Å². The van der Waals surface area contributed by atoms with Gasteiger partial charge in [-0.25, -0.2) is 17.5 Å². The van der Waals surface area contributed by atoms with Gasteiger partial charge in [-0.1, -0.05) is 53.5 Å². The molecule has 3 fully saturated rings. The number of benzene rings is 3. The Hall–Kier alpha value is -2.65. The first-order chi connectivity index (χ1) is 20.2. The summed E-state index contributed by atoms with van der Waals surface area (Å²) in [6, 6.07) is 18.7. The number of likely N-dealkylation sites (tertiary alicyclic amines) is 1. The molecule has 6 rings (SSSR count). The Labute approximate surface area is 256 Å². The van der Waals surface area contributed by atoms with E-state index in [-0.39, 0.29) is 23.4 Å². The Morgan fingerprint density at radius 2 is 1.60 bits per heavy atom. The molecule has 10 heteroatoms. The lowest BCUT2D eigenvalue weighted by molar-refractivity contribution is 0.0977. The lowest BCUT2D eigenvalue weighted by Crippen LogP contribution is -2.38. The molecule has 42 heavy (non-hydrogen) atoms. The quantitative estimate of drug-likeness (QED) is 0.258. The second-order valence-electron chi connectivity index (χ2n) is 11.6. The van der Waals surface area contributed by atoms with Crippen LogP contribution in [0, 0.1) is 11.7 Å². The smallest absolute Gasteiger partial charge is 0.267 e. The number of piperidine rings is 1. The number of sulfonamides is 1. The van der Waals surface area contributed by atoms with Gasteiger partial charge in [-0.2, -0.15) is 0 Å². The molecule has 3 aliphatic rings. The van der Waals surface area contributed by atoms with E-state index in [9.17, 15) is 13.2 Å². The molecule has 0 radical (unpaired) electrons. The molecule has 1 N–H and O–H groups in total. The maximum atomic E-state index is 15.1. The van der Waals surface area contributed by atoms with Crippen LogP contribution in [0.25, 0.3) is 0 Å². The molecule has 1 unspecified atom stereocenters. The third kappa shape index (κ3) is 6.77. The zero-order valence-electron chi connectivity index (χ0n) is 23.1. The summed E-state index contributed by atoms with van der Waals surface area (Å²) in [5, 5.41) is 0.648. The van der Waals surface area contributed by atoms with Crippen molar-refractivity contribution in [2.45, 2.75) is 55.7 Å². The zero-order valence-corrected chi connectivity index (χ0v) is 25.4. The maximum Gasteiger partial charge on any atom is 0.267 e. The topological polar surface area (TPSA) is 75.7 Å². The summed E-state index contributed by atoms with van der Waals surface area (Å²) in [4.78, 5) is 15.1. The molecule has 6 nitrogen and oxygen atoms in total. The monoisotopic (exact) mass is 630 g/mol. The average molecular weight is 632 g/mol. The SMILES string of the molecule is O=C(NS(=O)(=O)C1CC1)c1cc(C2CC2)c(OCC2CCN(C(c3ccccc3)c3cc(Cl)cc(Cl)c3)CC2)cc1F. The summed E-state index contributed by atoms with van der Waals surface area (Å²) in [6.07, 6.45) is 4.70. The van der Waals surface area contributed by atoms with E-state index in [4.69, 9.17) is 27.9 Å². The highest BCUT2D eigenvalue weighted by Crippen LogP contribution is 2.45. The number of hydrogen-bond donors (Lipinski definition) is 1. The number of rotatable bonds is 10. The number of halogens is 3. The Kier molecular flexibility index (Phi) is 8.51. The predicted octanol–water partition coefficient (Wildman–Crippen LogP) is 7.11. The van der Waals surface area contributed by atoms with Gasteiger partial charge in [0.05, 0.1) is 23.5 Å². The summed E-state index contributed by atoms with van der Waals surface area (Å²) in [6.45, 7) is 2.12. The van der Waals surface area contributed by atoms with Crippen molar-refractivity contribution in [1.29, 1.82) is 0 Å². The third-order valence-corrected chi connectivity index (χ3v) is 10.6. The Bertz CT molecular complexity index is 1550. The molecule has 0 spiro atoms. The normalized spacial score (nSPS) is 18.9. The molecular weight excluding hydrogens is 598 g/mol. The van der Waals surface area contributed by atoms with E-state index in [2.05, 4.69) is 17.0 Å². The number of hydrogen-bond acceptors (Lipinski definition) is 5. The Morgan fingerprint density at radius 1 is 0.929 bits per heavy atom. The van der Waals surface area contributed by atoms with E-state index in [1.807, 2.05) is 35.1 Å². The molecular formula is C32H33Cl2FN2O4S. The van der Waals surface area contributed by atoms with Crippen LogP contribution in [-0.2, 0) is 10.0 Å². The van der Waals surface area contributed by atoms with Crippen molar-refractivity contribution in [1.82, 2.24) is 9.62 Å². The van der Waals surface area contributed by atoms with E-state index >= 15 is 4.39 Å².